The normalized spacial score (nSPS) is 11.9. The van der Waals surface area contributed by atoms with Crippen LogP contribution in [0.25, 0.3) is 16.7 Å². The number of benzene rings is 1. The number of nitrogens with zero attached hydrogens (tertiary/aromatic N) is 3. The average Bonchev–Trinajstić information content (AvgIpc) is 3.32. The van der Waals surface area contributed by atoms with Crippen LogP contribution in [0.5, 0.6) is 0 Å². The summed E-state index contributed by atoms with van der Waals surface area (Å²) in [5.41, 5.74) is 0.119. The Morgan fingerprint density at radius 3 is 2.69 bits per heavy atom. The molecule has 0 saturated heterocycles. The van der Waals surface area contributed by atoms with Gasteiger partial charge in [0.05, 0.1) is 17.2 Å². The summed E-state index contributed by atoms with van der Waals surface area (Å²) in [5.74, 6) is 0.0909. The van der Waals surface area contributed by atoms with Gasteiger partial charge in [-0.05, 0) is 32.9 Å². The van der Waals surface area contributed by atoms with E-state index in [2.05, 4.69) is 19.8 Å². The zero-order valence-corrected chi connectivity index (χ0v) is 18.7. The van der Waals surface area contributed by atoms with Crippen molar-refractivity contribution in [2.24, 2.45) is 0 Å². The second kappa shape index (κ2) is 7.79. The molecular weight excluding hydrogens is 438 g/mol. The highest BCUT2D eigenvalue weighted by molar-refractivity contribution is 7.92. The fraction of sp³-hybridized carbons (Fsp3) is 0.300. The monoisotopic (exact) mass is 459 g/mol. The van der Waals surface area contributed by atoms with E-state index in [1.54, 1.807) is 13.8 Å². The van der Waals surface area contributed by atoms with Crippen LogP contribution in [0.3, 0.4) is 0 Å². The number of aromatic amines is 1. The molecule has 12 heteroatoms. The van der Waals surface area contributed by atoms with E-state index in [-0.39, 0.29) is 40.0 Å². The Hall–Kier alpha value is -3.67. The predicted molar refractivity (Wildman–Crippen MR) is 115 cm³/mol. The number of anilines is 1. The molecule has 3 heterocycles. The quantitative estimate of drug-likeness (QED) is 0.417. The van der Waals surface area contributed by atoms with Crippen molar-refractivity contribution < 1.29 is 22.4 Å². The molecule has 0 radical (unpaired) electrons. The lowest BCUT2D eigenvalue weighted by atomic mass is 10.1. The third-order valence-corrected chi connectivity index (χ3v) is 6.32. The van der Waals surface area contributed by atoms with Crippen LogP contribution in [0, 0.1) is 13.8 Å². The second-order valence-electron chi connectivity index (χ2n) is 7.08. The van der Waals surface area contributed by atoms with Gasteiger partial charge in [0.15, 0.2) is 0 Å². The third kappa shape index (κ3) is 3.51. The first-order chi connectivity index (χ1) is 15.2. The molecule has 3 aromatic heterocycles. The van der Waals surface area contributed by atoms with Crippen LogP contribution in [0.4, 0.5) is 5.69 Å². The van der Waals surface area contributed by atoms with Gasteiger partial charge in [-0.3, -0.25) is 14.6 Å². The van der Waals surface area contributed by atoms with Gasteiger partial charge in [-0.1, -0.05) is 6.92 Å². The molecule has 1 aromatic carbocycles. The van der Waals surface area contributed by atoms with Crippen molar-refractivity contribution in [2.45, 2.75) is 39.0 Å². The molecule has 0 saturated carbocycles. The van der Waals surface area contributed by atoms with Gasteiger partial charge >= 0.3 is 5.97 Å². The van der Waals surface area contributed by atoms with Crippen LogP contribution >= 0.6 is 0 Å². The zero-order chi connectivity index (χ0) is 23.2. The van der Waals surface area contributed by atoms with Gasteiger partial charge in [0, 0.05) is 23.4 Å². The number of carbonyl (C=O) groups is 1. The number of carbonyl (C=O) groups excluding carboxylic acids is 1. The number of nitrogens with one attached hydrogen (secondary N) is 2. The Kier molecular flexibility index (Phi) is 5.25. The van der Waals surface area contributed by atoms with Gasteiger partial charge in [-0.25, -0.2) is 18.2 Å². The van der Waals surface area contributed by atoms with E-state index in [0.29, 0.717) is 23.2 Å². The van der Waals surface area contributed by atoms with E-state index < -0.39 is 21.6 Å². The minimum absolute atomic E-state index is 0.0130. The molecule has 0 fully saturated rings. The summed E-state index contributed by atoms with van der Waals surface area (Å²) in [5, 5.41) is 3.38. The molecule has 0 amide bonds. The second-order valence-corrected chi connectivity index (χ2v) is 8.76. The first-order valence-corrected chi connectivity index (χ1v) is 11.4. The van der Waals surface area contributed by atoms with Crippen molar-refractivity contribution in [1.29, 1.82) is 0 Å². The van der Waals surface area contributed by atoms with Crippen molar-refractivity contribution in [3.05, 3.63) is 51.4 Å². The van der Waals surface area contributed by atoms with Crippen LogP contribution in [0.15, 0.2) is 32.3 Å². The summed E-state index contributed by atoms with van der Waals surface area (Å²) in [7, 11) is -4.17. The van der Waals surface area contributed by atoms with E-state index in [0.717, 1.165) is 4.52 Å². The van der Waals surface area contributed by atoms with E-state index in [4.69, 9.17) is 9.15 Å². The van der Waals surface area contributed by atoms with Crippen molar-refractivity contribution in [2.75, 3.05) is 11.3 Å². The summed E-state index contributed by atoms with van der Waals surface area (Å²) in [4.78, 5) is 33.2. The lowest BCUT2D eigenvalue weighted by molar-refractivity contribution is 0.0491. The molecule has 0 bridgehead atoms. The Labute approximate surface area is 182 Å². The van der Waals surface area contributed by atoms with Crippen LogP contribution in [0.1, 0.15) is 41.5 Å². The minimum atomic E-state index is -4.17. The Balaban J connectivity index is 1.75. The van der Waals surface area contributed by atoms with Crippen LogP contribution in [0.2, 0.25) is 0 Å². The predicted octanol–water partition coefficient (Wildman–Crippen LogP) is 2.32. The minimum Gasteiger partial charge on any atom is -0.460 e. The summed E-state index contributed by atoms with van der Waals surface area (Å²) in [6.45, 7) is 6.92. The van der Waals surface area contributed by atoms with Crippen molar-refractivity contribution in [3.63, 3.8) is 0 Å². The number of hydrogen-bond acceptors (Lipinski definition) is 8. The highest BCUT2D eigenvalue weighted by Gasteiger charge is 2.24. The molecule has 0 spiro atoms. The van der Waals surface area contributed by atoms with Gasteiger partial charge in [0.2, 0.25) is 5.76 Å². The standard InChI is InChI=1S/C20H21N5O6S/c1-5-15-22-20-21-11(4)16(18(26)25(20)23-15)24-32(28,29)12-7-8-13-10(3)17(19(27)30-6-2)31-14(13)9-12/h7-9,24H,5-6H2,1-4H3,(H,21,22,23). The van der Waals surface area contributed by atoms with Gasteiger partial charge < -0.3 is 9.15 Å². The molecule has 4 rings (SSSR count). The van der Waals surface area contributed by atoms with E-state index in [9.17, 15) is 18.0 Å². The number of hydrogen-bond donors (Lipinski definition) is 2. The lowest BCUT2D eigenvalue weighted by Crippen LogP contribution is -2.25. The molecule has 0 unspecified atom stereocenters. The number of fused-ring (bicyclic) bond motifs is 2. The van der Waals surface area contributed by atoms with Crippen LogP contribution in [-0.4, -0.2) is 40.6 Å². The molecular formula is C20H21N5O6S. The number of rotatable bonds is 6. The summed E-state index contributed by atoms with van der Waals surface area (Å²) in [6.07, 6.45) is 0.555. The molecule has 32 heavy (non-hydrogen) atoms. The molecule has 0 aliphatic heterocycles. The fourth-order valence-electron chi connectivity index (χ4n) is 3.30. The highest BCUT2D eigenvalue weighted by Crippen LogP contribution is 2.28. The highest BCUT2D eigenvalue weighted by atomic mass is 32.2. The smallest absolute Gasteiger partial charge is 0.374 e. The average molecular weight is 459 g/mol. The first kappa shape index (κ1) is 21.6. The van der Waals surface area contributed by atoms with Gasteiger partial charge in [-0.15, -0.1) is 0 Å². The largest absolute Gasteiger partial charge is 0.460 e. The topological polar surface area (TPSA) is 149 Å². The molecule has 11 nitrogen and oxygen atoms in total. The molecule has 2 N–H and O–H groups in total. The van der Waals surface area contributed by atoms with E-state index in [1.807, 2.05) is 6.92 Å². The van der Waals surface area contributed by atoms with E-state index in [1.165, 1.54) is 25.1 Å². The SMILES string of the molecule is CCOC(=O)c1oc2cc(S(=O)(=O)Nc3c(C)nc4nc(CC)[nH]n4c3=O)ccc2c1C. The maximum atomic E-state index is 13.0. The van der Waals surface area contributed by atoms with Gasteiger partial charge in [-0.2, -0.15) is 9.50 Å². The number of H-pyrrole nitrogens is 1. The number of aryl methyl sites for hydroxylation is 3. The first-order valence-electron chi connectivity index (χ1n) is 9.87. The lowest BCUT2D eigenvalue weighted by Gasteiger charge is -2.09. The van der Waals surface area contributed by atoms with Gasteiger partial charge in [0.1, 0.15) is 17.1 Å². The zero-order valence-electron chi connectivity index (χ0n) is 17.8. The van der Waals surface area contributed by atoms with Gasteiger partial charge in [0.25, 0.3) is 21.4 Å². The number of aromatic nitrogens is 4. The number of esters is 1. The maximum absolute atomic E-state index is 13.0. The van der Waals surface area contributed by atoms with Crippen molar-refractivity contribution >= 4 is 38.4 Å². The third-order valence-electron chi connectivity index (χ3n) is 4.97. The number of ether oxygens (including phenoxy) is 1. The fourth-order valence-corrected chi connectivity index (χ4v) is 4.43. The number of sulfonamides is 1. The summed E-state index contributed by atoms with van der Waals surface area (Å²) < 4.78 is 40.0. The van der Waals surface area contributed by atoms with Crippen LogP contribution < -0.4 is 10.3 Å². The molecule has 4 aromatic rings. The van der Waals surface area contributed by atoms with Crippen LogP contribution in [-0.2, 0) is 21.2 Å². The van der Waals surface area contributed by atoms with E-state index >= 15 is 0 Å². The maximum Gasteiger partial charge on any atom is 0.374 e. The summed E-state index contributed by atoms with van der Waals surface area (Å²) in [6, 6.07) is 4.19. The Morgan fingerprint density at radius 2 is 2.00 bits per heavy atom. The molecule has 0 aliphatic rings. The summed E-state index contributed by atoms with van der Waals surface area (Å²) >= 11 is 0. The Bertz CT molecular complexity index is 1530. The molecule has 168 valence electrons. The molecule has 0 aliphatic carbocycles. The molecule has 0 atom stereocenters. The Morgan fingerprint density at radius 1 is 1.25 bits per heavy atom. The number of furan rings is 1. The van der Waals surface area contributed by atoms with Crippen molar-refractivity contribution in [1.82, 2.24) is 19.6 Å². The van der Waals surface area contributed by atoms with Crippen molar-refractivity contribution in [3.8, 4) is 0 Å².